The zero-order chi connectivity index (χ0) is 35.0. The van der Waals surface area contributed by atoms with E-state index in [1.165, 1.54) is 27.8 Å². The molecule has 5 atom stereocenters. The quantitative estimate of drug-likeness (QED) is 0.0956. The maximum atomic E-state index is 10.7. The van der Waals surface area contributed by atoms with Crippen LogP contribution in [0.4, 0.5) is 0 Å². The molecule has 4 aromatic rings. The molecular weight excluding hydrogens is 628 g/mol. The average molecular weight is 681 g/mol. The number of hydrogen-bond donors (Lipinski definition) is 1. The van der Waals surface area contributed by atoms with Gasteiger partial charge in [-0.1, -0.05) is 86.6 Å². The van der Waals surface area contributed by atoms with Crippen molar-refractivity contribution in [2.24, 2.45) is 0 Å². The smallest absolute Gasteiger partial charge is 0.119 e. The van der Waals surface area contributed by atoms with Crippen molar-refractivity contribution in [2.75, 3.05) is 39.6 Å². The summed E-state index contributed by atoms with van der Waals surface area (Å²) in [7, 11) is 0. The molecule has 0 saturated carbocycles. The molecule has 0 aromatic heterocycles. The minimum atomic E-state index is -0.753. The van der Waals surface area contributed by atoms with Gasteiger partial charge in [0.15, 0.2) is 0 Å². The van der Waals surface area contributed by atoms with Crippen molar-refractivity contribution in [1.82, 2.24) is 0 Å². The van der Waals surface area contributed by atoms with Crippen molar-refractivity contribution in [2.45, 2.75) is 82.9 Å². The molecular formula is C43H52O7. The monoisotopic (exact) mass is 680 g/mol. The fourth-order valence-corrected chi connectivity index (χ4v) is 5.92. The van der Waals surface area contributed by atoms with Gasteiger partial charge >= 0.3 is 0 Å². The maximum Gasteiger partial charge on any atom is 0.119 e. The van der Waals surface area contributed by atoms with Gasteiger partial charge in [0.05, 0.1) is 37.6 Å². The first-order valence-electron chi connectivity index (χ1n) is 18.0. The van der Waals surface area contributed by atoms with Crippen LogP contribution in [-0.4, -0.2) is 63.1 Å². The molecule has 7 nitrogen and oxygen atoms in total. The van der Waals surface area contributed by atoms with Crippen LogP contribution < -0.4 is 9.47 Å². The van der Waals surface area contributed by atoms with Gasteiger partial charge in [-0.05, 0) is 97.2 Å². The number of aliphatic hydroxyl groups excluding tert-OH is 1. The highest BCUT2D eigenvalue weighted by atomic mass is 16.6. The summed E-state index contributed by atoms with van der Waals surface area (Å²) in [4.78, 5) is 0. The molecule has 2 fully saturated rings. The molecule has 266 valence electrons. The lowest BCUT2D eigenvalue weighted by molar-refractivity contribution is -0.0836. The molecule has 2 aliphatic rings. The highest BCUT2D eigenvalue weighted by Crippen LogP contribution is 2.32. The van der Waals surface area contributed by atoms with Crippen molar-refractivity contribution < 1.29 is 33.5 Å². The van der Waals surface area contributed by atoms with Crippen LogP contribution in [0.2, 0.25) is 0 Å². The Bertz CT molecular complexity index is 1610. The van der Waals surface area contributed by atoms with Crippen LogP contribution in [0.5, 0.6) is 11.5 Å². The Morgan fingerprint density at radius 2 is 0.980 bits per heavy atom. The molecule has 0 radical (unpaired) electrons. The summed E-state index contributed by atoms with van der Waals surface area (Å²) in [6.07, 6.45) is 3.10. The van der Waals surface area contributed by atoms with Gasteiger partial charge < -0.3 is 33.5 Å². The predicted octanol–water partition coefficient (Wildman–Crippen LogP) is 7.77. The van der Waals surface area contributed by atoms with E-state index in [1.54, 1.807) is 0 Å². The van der Waals surface area contributed by atoms with Crippen LogP contribution in [0.1, 0.15) is 73.9 Å². The average Bonchev–Trinajstić information content (AvgIpc) is 4.09. The van der Waals surface area contributed by atoms with Crippen LogP contribution in [-0.2, 0) is 43.0 Å². The van der Waals surface area contributed by atoms with Gasteiger partial charge in [0, 0.05) is 0 Å². The summed E-state index contributed by atoms with van der Waals surface area (Å²) >= 11 is 0. The summed E-state index contributed by atoms with van der Waals surface area (Å²) in [6.45, 7) is 11.7. The molecule has 1 N–H and O–H groups in total. The highest BCUT2D eigenvalue weighted by Gasteiger charge is 2.31. The van der Waals surface area contributed by atoms with Crippen LogP contribution in [0, 0.1) is 0 Å². The Labute approximate surface area is 297 Å². The first kappa shape index (κ1) is 36.1. The van der Waals surface area contributed by atoms with E-state index < -0.39 is 11.7 Å². The third-order valence-corrected chi connectivity index (χ3v) is 10.0. The van der Waals surface area contributed by atoms with Crippen LogP contribution in [0.3, 0.4) is 0 Å². The Morgan fingerprint density at radius 3 is 1.42 bits per heavy atom. The normalized spacial score (nSPS) is 19.6. The molecule has 5 unspecified atom stereocenters. The molecule has 0 bridgehead atoms. The summed E-state index contributed by atoms with van der Waals surface area (Å²) in [5.41, 5.74) is 6.34. The van der Waals surface area contributed by atoms with Crippen LogP contribution in [0.15, 0.2) is 97.1 Å². The molecule has 4 aromatic carbocycles. The first-order chi connectivity index (χ1) is 24.2. The lowest BCUT2D eigenvalue weighted by Crippen LogP contribution is -2.32. The number of aliphatic hydroxyl groups is 1. The van der Waals surface area contributed by atoms with E-state index in [2.05, 4.69) is 100 Å². The van der Waals surface area contributed by atoms with Gasteiger partial charge in [-0.15, -0.1) is 0 Å². The highest BCUT2D eigenvalue weighted by molar-refractivity contribution is 5.35. The summed E-state index contributed by atoms with van der Waals surface area (Å²) in [6, 6.07) is 33.6. The minimum absolute atomic E-state index is 0.156. The van der Waals surface area contributed by atoms with Crippen molar-refractivity contribution in [1.29, 1.82) is 0 Å². The van der Waals surface area contributed by atoms with E-state index in [0.29, 0.717) is 13.2 Å². The lowest BCUT2D eigenvalue weighted by Gasteiger charge is -2.30. The van der Waals surface area contributed by atoms with E-state index in [1.807, 2.05) is 24.3 Å². The molecule has 0 aliphatic carbocycles. The Hall–Kier alpha value is -3.72. The third-order valence-electron chi connectivity index (χ3n) is 10.0. The molecule has 2 aliphatic heterocycles. The fraction of sp³-hybridized carbons (Fsp3) is 0.442. The SMILES string of the molecule is CCC(C)(OCC(O)COc1ccc(Cc2ccc(C(C)(CC)OCC3CO3)cc2)cc1)c1ccc(Cc2ccc(OCC3CO3)cc2)cc1. The number of rotatable bonds is 20. The molecule has 0 spiro atoms. The Kier molecular flexibility index (Phi) is 11.9. The van der Waals surface area contributed by atoms with Crippen LogP contribution in [0.25, 0.3) is 0 Å². The van der Waals surface area contributed by atoms with Crippen molar-refractivity contribution >= 4 is 0 Å². The van der Waals surface area contributed by atoms with Crippen molar-refractivity contribution in [3.63, 3.8) is 0 Å². The number of hydrogen-bond acceptors (Lipinski definition) is 7. The second-order valence-electron chi connectivity index (χ2n) is 14.0. The van der Waals surface area contributed by atoms with Gasteiger partial charge in [-0.25, -0.2) is 0 Å². The lowest BCUT2D eigenvalue weighted by atomic mass is 9.91. The van der Waals surface area contributed by atoms with E-state index in [4.69, 9.17) is 28.4 Å². The van der Waals surface area contributed by atoms with Gasteiger partial charge in [0.25, 0.3) is 0 Å². The van der Waals surface area contributed by atoms with Gasteiger partial charge in [-0.3, -0.25) is 0 Å². The standard InChI is InChI=1S/C43H52O7/c1-5-42(3,35-15-7-31(8-16-35)24-34-13-21-39(22-14-34)46-27-40-28-47-40)49-26-37(44)25-45-38-19-11-33(12-20-38)23-32-9-17-36(18-10-32)43(4,6-2)50-30-41-29-48-41/h7-22,37,40-41,44H,5-6,23-30H2,1-4H3. The molecule has 2 saturated heterocycles. The van der Waals surface area contributed by atoms with Gasteiger partial charge in [0.2, 0.25) is 0 Å². The number of epoxide rings is 2. The fourth-order valence-electron chi connectivity index (χ4n) is 5.92. The molecule has 2 heterocycles. The van der Waals surface area contributed by atoms with Crippen molar-refractivity contribution in [3.05, 3.63) is 130 Å². The largest absolute Gasteiger partial charge is 0.491 e. The molecule has 6 rings (SSSR count). The van der Waals surface area contributed by atoms with Gasteiger partial charge in [-0.2, -0.15) is 0 Å². The number of benzene rings is 4. The summed E-state index contributed by atoms with van der Waals surface area (Å²) in [5.74, 6) is 1.60. The number of ether oxygens (including phenoxy) is 6. The topological polar surface area (TPSA) is 82.2 Å². The first-order valence-corrected chi connectivity index (χ1v) is 18.0. The summed E-state index contributed by atoms with van der Waals surface area (Å²) < 4.78 is 34.7. The Morgan fingerprint density at radius 1 is 0.580 bits per heavy atom. The molecule has 7 heteroatoms. The van der Waals surface area contributed by atoms with E-state index in [0.717, 1.165) is 56.0 Å². The second kappa shape index (κ2) is 16.5. The van der Waals surface area contributed by atoms with Gasteiger partial charge in [0.1, 0.15) is 43.0 Å². The molecule has 50 heavy (non-hydrogen) atoms. The van der Waals surface area contributed by atoms with E-state index in [9.17, 15) is 5.11 Å². The zero-order valence-corrected chi connectivity index (χ0v) is 29.9. The van der Waals surface area contributed by atoms with Crippen molar-refractivity contribution in [3.8, 4) is 11.5 Å². The van der Waals surface area contributed by atoms with E-state index in [-0.39, 0.29) is 31.0 Å². The van der Waals surface area contributed by atoms with E-state index >= 15 is 0 Å². The predicted molar refractivity (Wildman–Crippen MR) is 195 cm³/mol. The second-order valence-corrected chi connectivity index (χ2v) is 14.0. The van der Waals surface area contributed by atoms with Crippen LogP contribution >= 0.6 is 0 Å². The zero-order valence-electron chi connectivity index (χ0n) is 29.9. The third kappa shape index (κ3) is 10.2. The summed E-state index contributed by atoms with van der Waals surface area (Å²) in [5, 5.41) is 10.7. The maximum absolute atomic E-state index is 10.7. The molecule has 0 amide bonds. The Balaban J connectivity index is 0.932. The minimum Gasteiger partial charge on any atom is -0.491 e.